The van der Waals surface area contributed by atoms with Crippen molar-refractivity contribution in [3.8, 4) is 5.69 Å². The van der Waals surface area contributed by atoms with Gasteiger partial charge in [-0.1, -0.05) is 18.2 Å². The molecular weight excluding hydrogens is 334 g/mol. The van der Waals surface area contributed by atoms with E-state index >= 15 is 0 Å². The number of carbonyl (C=O) groups is 2. The molecule has 0 saturated heterocycles. The Bertz CT molecular complexity index is 1030. The van der Waals surface area contributed by atoms with Gasteiger partial charge < -0.3 is 9.47 Å². The average molecular weight is 351 g/mol. The second-order valence-corrected chi connectivity index (χ2v) is 5.52. The maximum Gasteiger partial charge on any atom is 0.340 e. The summed E-state index contributed by atoms with van der Waals surface area (Å²) in [6.07, 6.45) is 1.45. The summed E-state index contributed by atoms with van der Waals surface area (Å²) >= 11 is 0. The molecule has 0 amide bonds. The van der Waals surface area contributed by atoms with Crippen molar-refractivity contribution in [3.05, 3.63) is 76.2 Å². The van der Waals surface area contributed by atoms with Crippen LogP contribution in [0.3, 0.4) is 0 Å². The van der Waals surface area contributed by atoms with Gasteiger partial charge in [-0.2, -0.15) is 0 Å². The Hall–Kier alpha value is -3.41. The maximum absolute atomic E-state index is 12.8. The second-order valence-electron chi connectivity index (χ2n) is 5.52. The molecule has 0 aliphatic carbocycles. The Labute approximate surface area is 149 Å². The Kier molecular flexibility index (Phi) is 4.84. The number of ether oxygens (including phenoxy) is 2. The first kappa shape index (κ1) is 17.4. The highest BCUT2D eigenvalue weighted by Gasteiger charge is 2.16. The normalized spacial score (nSPS) is 10.5. The molecule has 3 rings (SSSR count). The molecule has 1 aromatic heterocycles. The molecule has 0 fully saturated rings. The largest absolute Gasteiger partial charge is 0.465 e. The van der Waals surface area contributed by atoms with E-state index in [4.69, 9.17) is 9.47 Å². The third-order valence-electron chi connectivity index (χ3n) is 3.99. The number of rotatable bonds is 4. The van der Waals surface area contributed by atoms with Crippen LogP contribution in [0.4, 0.5) is 0 Å². The minimum absolute atomic E-state index is 0.267. The maximum atomic E-state index is 12.8. The van der Waals surface area contributed by atoms with E-state index in [0.717, 1.165) is 0 Å². The van der Waals surface area contributed by atoms with Gasteiger partial charge in [0.25, 0.3) is 5.56 Å². The van der Waals surface area contributed by atoms with Gasteiger partial charge in [0.1, 0.15) is 0 Å². The van der Waals surface area contributed by atoms with E-state index < -0.39 is 11.9 Å². The number of hydrogen-bond donors (Lipinski definition) is 0. The van der Waals surface area contributed by atoms with Crippen molar-refractivity contribution in [1.29, 1.82) is 0 Å². The summed E-state index contributed by atoms with van der Waals surface area (Å²) < 4.78 is 11.2. The fourth-order valence-electron chi connectivity index (χ4n) is 2.73. The lowest BCUT2D eigenvalue weighted by molar-refractivity contribution is 0.0525. The molecule has 2 aromatic carbocycles. The summed E-state index contributed by atoms with van der Waals surface area (Å²) in [4.78, 5) is 36.7. The lowest BCUT2D eigenvalue weighted by Crippen LogP contribution is -2.21. The van der Waals surface area contributed by atoms with Crippen LogP contribution in [0.15, 0.2) is 59.5 Å². The standard InChI is InChI=1S/C20H17NO5/c1-3-26-19(23)13-8-10-14(11-9-13)21-12-17(20(24)25-2)15-6-4-5-7-16(15)18(21)22/h4-12H,3H2,1-2H3. The predicted molar refractivity (Wildman–Crippen MR) is 96.8 cm³/mol. The van der Waals surface area contributed by atoms with Gasteiger partial charge in [-0.05, 0) is 37.3 Å². The molecule has 0 saturated carbocycles. The van der Waals surface area contributed by atoms with Crippen molar-refractivity contribution < 1.29 is 19.1 Å². The molecule has 1 heterocycles. The van der Waals surface area contributed by atoms with Crippen molar-refractivity contribution in [2.45, 2.75) is 6.92 Å². The Morgan fingerprint density at radius 3 is 2.23 bits per heavy atom. The van der Waals surface area contributed by atoms with Crippen molar-refractivity contribution >= 4 is 22.7 Å². The fourth-order valence-corrected chi connectivity index (χ4v) is 2.73. The summed E-state index contributed by atoms with van der Waals surface area (Å²) in [5, 5.41) is 0.939. The van der Waals surface area contributed by atoms with Crippen LogP contribution in [0.25, 0.3) is 16.5 Å². The highest BCUT2D eigenvalue weighted by molar-refractivity contribution is 6.04. The van der Waals surface area contributed by atoms with Gasteiger partial charge in [0.2, 0.25) is 0 Å². The first-order valence-corrected chi connectivity index (χ1v) is 8.07. The zero-order valence-corrected chi connectivity index (χ0v) is 14.4. The van der Waals surface area contributed by atoms with E-state index in [9.17, 15) is 14.4 Å². The third-order valence-corrected chi connectivity index (χ3v) is 3.99. The van der Waals surface area contributed by atoms with Gasteiger partial charge in [0.05, 0.1) is 24.8 Å². The van der Waals surface area contributed by atoms with Gasteiger partial charge in [0.15, 0.2) is 0 Å². The number of methoxy groups -OCH3 is 1. The first-order chi connectivity index (χ1) is 12.6. The van der Waals surface area contributed by atoms with E-state index in [2.05, 4.69) is 0 Å². The predicted octanol–water partition coefficient (Wildman–Crippen LogP) is 2.95. The number of carbonyl (C=O) groups excluding carboxylic acids is 2. The van der Waals surface area contributed by atoms with Gasteiger partial charge in [-0.3, -0.25) is 9.36 Å². The zero-order chi connectivity index (χ0) is 18.7. The topological polar surface area (TPSA) is 74.6 Å². The molecule has 6 nitrogen and oxygen atoms in total. The molecule has 0 radical (unpaired) electrons. The number of fused-ring (bicyclic) bond motifs is 1. The second kappa shape index (κ2) is 7.23. The molecule has 26 heavy (non-hydrogen) atoms. The summed E-state index contributed by atoms with van der Waals surface area (Å²) in [6, 6.07) is 13.3. The molecule has 3 aromatic rings. The minimum Gasteiger partial charge on any atom is -0.465 e. The summed E-state index contributed by atoms with van der Waals surface area (Å²) in [5.74, 6) is -0.960. The van der Waals surface area contributed by atoms with Gasteiger partial charge in [0, 0.05) is 22.7 Å². The van der Waals surface area contributed by atoms with Crippen molar-refractivity contribution in [3.63, 3.8) is 0 Å². The quantitative estimate of drug-likeness (QED) is 0.676. The molecular formula is C20H17NO5. The lowest BCUT2D eigenvalue weighted by atomic mass is 10.1. The van der Waals surface area contributed by atoms with Crippen LogP contribution in [0.2, 0.25) is 0 Å². The van der Waals surface area contributed by atoms with Crippen LogP contribution < -0.4 is 5.56 Å². The molecule has 0 atom stereocenters. The van der Waals surface area contributed by atoms with E-state index in [1.807, 2.05) is 0 Å². The van der Waals surface area contributed by atoms with Crippen LogP contribution in [0, 0.1) is 0 Å². The lowest BCUT2D eigenvalue weighted by Gasteiger charge is -2.11. The third kappa shape index (κ3) is 3.09. The number of hydrogen-bond acceptors (Lipinski definition) is 5. The molecule has 0 aliphatic rings. The van der Waals surface area contributed by atoms with Crippen molar-refractivity contribution in [2.24, 2.45) is 0 Å². The zero-order valence-electron chi connectivity index (χ0n) is 14.4. The minimum atomic E-state index is -0.530. The smallest absolute Gasteiger partial charge is 0.340 e. The molecule has 0 bridgehead atoms. The van der Waals surface area contributed by atoms with E-state index in [-0.39, 0.29) is 17.7 Å². The van der Waals surface area contributed by atoms with E-state index in [1.54, 1.807) is 55.5 Å². The van der Waals surface area contributed by atoms with Crippen molar-refractivity contribution in [2.75, 3.05) is 13.7 Å². The highest BCUT2D eigenvalue weighted by atomic mass is 16.5. The Morgan fingerprint density at radius 2 is 1.62 bits per heavy atom. The van der Waals surface area contributed by atoms with Crippen molar-refractivity contribution in [1.82, 2.24) is 4.57 Å². The summed E-state index contributed by atoms with van der Waals surface area (Å²) in [7, 11) is 1.29. The van der Waals surface area contributed by atoms with Crippen LogP contribution in [-0.2, 0) is 9.47 Å². The van der Waals surface area contributed by atoms with Gasteiger partial charge >= 0.3 is 11.9 Å². The first-order valence-electron chi connectivity index (χ1n) is 8.07. The number of esters is 2. The summed E-state index contributed by atoms with van der Waals surface area (Å²) in [6.45, 7) is 2.02. The van der Waals surface area contributed by atoms with Crippen LogP contribution in [-0.4, -0.2) is 30.2 Å². The molecule has 6 heteroatoms. The molecule has 132 valence electrons. The number of pyridine rings is 1. The van der Waals surface area contributed by atoms with E-state index in [0.29, 0.717) is 22.0 Å². The molecule has 0 N–H and O–H groups in total. The molecule has 0 aliphatic heterocycles. The van der Waals surface area contributed by atoms with Crippen LogP contribution in [0.1, 0.15) is 27.6 Å². The van der Waals surface area contributed by atoms with Crippen LogP contribution in [0.5, 0.6) is 0 Å². The molecule has 0 unspecified atom stereocenters. The fraction of sp³-hybridized carbons (Fsp3) is 0.150. The molecule has 0 spiro atoms. The summed E-state index contributed by atoms with van der Waals surface area (Å²) in [5.41, 5.74) is 0.936. The SMILES string of the molecule is CCOC(=O)c1ccc(-n2cc(C(=O)OC)c3ccccc3c2=O)cc1. The Morgan fingerprint density at radius 1 is 0.962 bits per heavy atom. The highest BCUT2D eigenvalue weighted by Crippen LogP contribution is 2.19. The van der Waals surface area contributed by atoms with Crippen LogP contribution >= 0.6 is 0 Å². The van der Waals surface area contributed by atoms with Gasteiger partial charge in [-0.25, -0.2) is 9.59 Å². The van der Waals surface area contributed by atoms with Gasteiger partial charge in [-0.15, -0.1) is 0 Å². The Balaban J connectivity index is 2.16. The number of aromatic nitrogens is 1. The number of nitrogens with zero attached hydrogens (tertiary/aromatic N) is 1. The number of benzene rings is 2. The monoisotopic (exact) mass is 351 g/mol. The average Bonchev–Trinajstić information content (AvgIpc) is 2.68. The van der Waals surface area contributed by atoms with E-state index in [1.165, 1.54) is 17.9 Å².